The van der Waals surface area contributed by atoms with Crippen LogP contribution >= 0.6 is 23.1 Å². The second-order valence-electron chi connectivity index (χ2n) is 5.98. The lowest BCUT2D eigenvalue weighted by molar-refractivity contribution is 0.793. The van der Waals surface area contributed by atoms with Crippen LogP contribution in [0.25, 0.3) is 22.0 Å². The van der Waals surface area contributed by atoms with Crippen LogP contribution in [0.4, 0.5) is 0 Å². The lowest BCUT2D eigenvalue weighted by Crippen LogP contribution is -1.96. The van der Waals surface area contributed by atoms with E-state index in [1.54, 1.807) is 23.1 Å². The van der Waals surface area contributed by atoms with E-state index in [9.17, 15) is 0 Å². The summed E-state index contributed by atoms with van der Waals surface area (Å²) in [6.45, 7) is 2.09. The van der Waals surface area contributed by atoms with Crippen LogP contribution in [-0.4, -0.2) is 19.7 Å². The number of rotatable bonds is 5. The average Bonchev–Trinajstić information content (AvgIpc) is 3.28. The van der Waals surface area contributed by atoms with E-state index in [-0.39, 0.29) is 0 Å². The van der Waals surface area contributed by atoms with Crippen LogP contribution in [0.5, 0.6) is 0 Å². The molecule has 0 spiro atoms. The van der Waals surface area contributed by atoms with Gasteiger partial charge in [0.05, 0.1) is 5.69 Å². The second kappa shape index (κ2) is 7.43. The molecular weight excluding hydrogens is 360 g/mol. The summed E-state index contributed by atoms with van der Waals surface area (Å²) in [5.41, 5.74) is 4.55. The largest absolute Gasteiger partial charge is 0.305 e. The zero-order valence-electron chi connectivity index (χ0n) is 14.6. The zero-order chi connectivity index (χ0) is 17.9. The maximum atomic E-state index is 4.74. The molecule has 0 bridgehead atoms. The fraction of sp³-hybridized carbons (Fsp3) is 0.150. The number of hydrogen-bond acceptors (Lipinski definition) is 5. The first-order chi connectivity index (χ1) is 12.7. The topological polar surface area (TPSA) is 43.6 Å². The smallest absolute Gasteiger partial charge is 0.191 e. The van der Waals surface area contributed by atoms with Gasteiger partial charge in [-0.15, -0.1) is 21.5 Å². The van der Waals surface area contributed by atoms with E-state index in [2.05, 4.69) is 51.3 Å². The van der Waals surface area contributed by atoms with Crippen LogP contribution in [0.1, 0.15) is 11.3 Å². The highest BCUT2D eigenvalue weighted by Crippen LogP contribution is 2.29. The van der Waals surface area contributed by atoms with Gasteiger partial charge in [-0.3, -0.25) is 0 Å². The minimum atomic E-state index is 0.781. The van der Waals surface area contributed by atoms with Gasteiger partial charge in [-0.05, 0) is 12.5 Å². The molecule has 4 rings (SSSR count). The van der Waals surface area contributed by atoms with Crippen molar-refractivity contribution in [2.45, 2.75) is 17.8 Å². The van der Waals surface area contributed by atoms with Gasteiger partial charge in [0.15, 0.2) is 11.0 Å². The number of thiazole rings is 1. The van der Waals surface area contributed by atoms with E-state index >= 15 is 0 Å². The van der Waals surface area contributed by atoms with Gasteiger partial charge in [-0.2, -0.15) is 0 Å². The maximum absolute atomic E-state index is 4.74. The standard InChI is InChI=1S/C20H18N4S2/c1-14-8-6-7-11-17(14)18-22-23-20(24(18)2)26-13-16-12-25-19(21-16)15-9-4-3-5-10-15/h3-12H,13H2,1-2H3. The number of benzene rings is 2. The molecule has 2 heterocycles. The molecule has 0 aliphatic heterocycles. The van der Waals surface area contributed by atoms with E-state index in [0.29, 0.717) is 0 Å². The predicted octanol–water partition coefficient (Wildman–Crippen LogP) is 5.21. The number of aromatic nitrogens is 4. The molecule has 0 radical (unpaired) electrons. The summed E-state index contributed by atoms with van der Waals surface area (Å²) in [6.07, 6.45) is 0. The van der Waals surface area contributed by atoms with Crippen LogP contribution in [-0.2, 0) is 12.8 Å². The van der Waals surface area contributed by atoms with Gasteiger partial charge in [-0.25, -0.2) is 4.98 Å². The minimum Gasteiger partial charge on any atom is -0.305 e. The molecular formula is C20H18N4S2. The van der Waals surface area contributed by atoms with Gasteiger partial charge in [0.2, 0.25) is 0 Å². The van der Waals surface area contributed by atoms with Crippen molar-refractivity contribution in [2.24, 2.45) is 7.05 Å². The fourth-order valence-electron chi connectivity index (χ4n) is 2.72. The average molecular weight is 379 g/mol. The van der Waals surface area contributed by atoms with Gasteiger partial charge < -0.3 is 4.57 Å². The first-order valence-corrected chi connectivity index (χ1v) is 10.2. The Kier molecular flexibility index (Phi) is 4.86. The Balaban J connectivity index is 1.50. The molecule has 4 nitrogen and oxygen atoms in total. The third-order valence-corrected chi connectivity index (χ3v) is 6.14. The first kappa shape index (κ1) is 17.0. The van der Waals surface area contributed by atoms with Crippen molar-refractivity contribution in [2.75, 3.05) is 0 Å². The summed E-state index contributed by atoms with van der Waals surface area (Å²) in [6, 6.07) is 18.5. The fourth-order valence-corrected chi connectivity index (χ4v) is 4.46. The number of aryl methyl sites for hydroxylation is 1. The summed E-state index contributed by atoms with van der Waals surface area (Å²) in [4.78, 5) is 4.74. The highest BCUT2D eigenvalue weighted by molar-refractivity contribution is 7.98. The maximum Gasteiger partial charge on any atom is 0.191 e. The molecule has 0 aliphatic carbocycles. The number of thioether (sulfide) groups is 1. The van der Waals surface area contributed by atoms with Crippen LogP contribution in [0.3, 0.4) is 0 Å². The van der Waals surface area contributed by atoms with Crippen molar-refractivity contribution in [1.29, 1.82) is 0 Å². The van der Waals surface area contributed by atoms with E-state index in [4.69, 9.17) is 4.98 Å². The lowest BCUT2D eigenvalue weighted by Gasteiger charge is -2.05. The van der Waals surface area contributed by atoms with Gasteiger partial charge in [0, 0.05) is 29.3 Å². The lowest BCUT2D eigenvalue weighted by atomic mass is 10.1. The van der Waals surface area contributed by atoms with E-state index in [1.807, 2.05) is 37.4 Å². The van der Waals surface area contributed by atoms with Crippen LogP contribution in [0.15, 0.2) is 65.1 Å². The van der Waals surface area contributed by atoms with Gasteiger partial charge in [-0.1, -0.05) is 66.4 Å². The van der Waals surface area contributed by atoms with Gasteiger partial charge in [0.1, 0.15) is 5.01 Å². The van der Waals surface area contributed by atoms with Crippen molar-refractivity contribution in [3.05, 3.63) is 71.2 Å². The van der Waals surface area contributed by atoms with Crippen molar-refractivity contribution >= 4 is 23.1 Å². The number of nitrogens with zero attached hydrogens (tertiary/aromatic N) is 4. The quantitative estimate of drug-likeness (QED) is 0.447. The predicted molar refractivity (Wildman–Crippen MR) is 108 cm³/mol. The van der Waals surface area contributed by atoms with Crippen LogP contribution < -0.4 is 0 Å². The Labute approximate surface area is 161 Å². The number of hydrogen-bond donors (Lipinski definition) is 0. The summed E-state index contributed by atoms with van der Waals surface area (Å²) < 4.78 is 2.05. The summed E-state index contributed by atoms with van der Waals surface area (Å²) in [5.74, 6) is 1.68. The zero-order valence-corrected chi connectivity index (χ0v) is 16.2. The Bertz CT molecular complexity index is 1020. The highest BCUT2D eigenvalue weighted by Gasteiger charge is 2.13. The van der Waals surface area contributed by atoms with E-state index in [0.717, 1.165) is 38.6 Å². The van der Waals surface area contributed by atoms with Gasteiger partial charge in [0.25, 0.3) is 0 Å². The molecule has 2 aromatic carbocycles. The van der Waals surface area contributed by atoms with Gasteiger partial charge >= 0.3 is 0 Å². The molecule has 0 saturated heterocycles. The van der Waals surface area contributed by atoms with E-state index < -0.39 is 0 Å². The summed E-state index contributed by atoms with van der Waals surface area (Å²) in [7, 11) is 2.01. The third-order valence-electron chi connectivity index (χ3n) is 4.14. The molecule has 4 aromatic rings. The molecule has 0 amide bonds. The third kappa shape index (κ3) is 3.43. The van der Waals surface area contributed by atoms with Crippen molar-refractivity contribution in [3.8, 4) is 22.0 Å². The molecule has 6 heteroatoms. The summed E-state index contributed by atoms with van der Waals surface area (Å²) >= 11 is 3.34. The Morgan fingerprint density at radius 2 is 1.77 bits per heavy atom. The Morgan fingerprint density at radius 1 is 1.00 bits per heavy atom. The SMILES string of the molecule is Cc1ccccc1-c1nnc(SCc2csc(-c3ccccc3)n2)n1C. The molecule has 0 aliphatic rings. The molecule has 0 atom stereocenters. The van der Waals surface area contributed by atoms with Crippen LogP contribution in [0, 0.1) is 6.92 Å². The Hall–Kier alpha value is -2.44. The monoisotopic (exact) mass is 378 g/mol. The molecule has 130 valence electrons. The molecule has 2 aromatic heterocycles. The van der Waals surface area contributed by atoms with Crippen LogP contribution in [0.2, 0.25) is 0 Å². The van der Waals surface area contributed by atoms with E-state index in [1.165, 1.54) is 5.56 Å². The highest BCUT2D eigenvalue weighted by atomic mass is 32.2. The minimum absolute atomic E-state index is 0.781. The Morgan fingerprint density at radius 3 is 2.58 bits per heavy atom. The normalized spacial score (nSPS) is 11.0. The van der Waals surface area contributed by atoms with Crippen molar-refractivity contribution in [1.82, 2.24) is 19.7 Å². The second-order valence-corrected chi connectivity index (χ2v) is 7.78. The summed E-state index contributed by atoms with van der Waals surface area (Å²) in [5, 5.41) is 12.8. The molecule has 0 N–H and O–H groups in total. The molecule has 26 heavy (non-hydrogen) atoms. The molecule has 0 fully saturated rings. The first-order valence-electron chi connectivity index (χ1n) is 8.30. The molecule has 0 saturated carbocycles. The molecule has 0 unspecified atom stereocenters. The van der Waals surface area contributed by atoms with Crippen molar-refractivity contribution < 1.29 is 0 Å². The van der Waals surface area contributed by atoms with Crippen molar-refractivity contribution in [3.63, 3.8) is 0 Å².